The predicted octanol–water partition coefficient (Wildman–Crippen LogP) is 1.82. The number of ketones is 1. The molecule has 1 spiro atoms. The second-order valence-electron chi connectivity index (χ2n) is 6.70. The van der Waals surface area contributed by atoms with Gasteiger partial charge in [0.05, 0.1) is 0 Å². The van der Waals surface area contributed by atoms with E-state index in [4.69, 9.17) is 0 Å². The van der Waals surface area contributed by atoms with Gasteiger partial charge in [0.2, 0.25) is 0 Å². The van der Waals surface area contributed by atoms with E-state index >= 15 is 0 Å². The molecule has 1 saturated carbocycles. The summed E-state index contributed by atoms with van der Waals surface area (Å²) in [6.45, 7) is 6.26. The van der Waals surface area contributed by atoms with Crippen LogP contribution in [0.2, 0.25) is 0 Å². The Labute approximate surface area is 110 Å². The van der Waals surface area contributed by atoms with Crippen molar-refractivity contribution in [3.05, 3.63) is 0 Å². The lowest BCUT2D eigenvalue weighted by Gasteiger charge is -2.44. The molecule has 1 atom stereocenters. The Balaban J connectivity index is 1.47. The van der Waals surface area contributed by atoms with Crippen LogP contribution in [0.5, 0.6) is 0 Å². The largest absolute Gasteiger partial charge is 0.316 e. The average Bonchev–Trinajstić information content (AvgIpc) is 2.89. The molecule has 3 nitrogen and oxygen atoms in total. The molecule has 0 aromatic carbocycles. The minimum atomic E-state index is 0.500. The van der Waals surface area contributed by atoms with Crippen molar-refractivity contribution in [1.29, 1.82) is 0 Å². The Hall–Kier alpha value is -0.410. The van der Waals surface area contributed by atoms with Crippen molar-refractivity contribution < 1.29 is 4.79 Å². The minimum Gasteiger partial charge on any atom is -0.316 e. The Morgan fingerprint density at radius 3 is 2.50 bits per heavy atom. The fraction of sp³-hybridized carbons (Fsp3) is 0.933. The molecule has 3 aliphatic rings. The number of nitrogens with one attached hydrogen (secondary N) is 1. The average molecular weight is 250 g/mol. The molecule has 3 fully saturated rings. The van der Waals surface area contributed by atoms with Gasteiger partial charge in [0.15, 0.2) is 0 Å². The third kappa shape index (κ3) is 2.77. The molecule has 3 heteroatoms. The van der Waals surface area contributed by atoms with Crippen molar-refractivity contribution in [3.63, 3.8) is 0 Å². The molecule has 0 amide bonds. The zero-order valence-electron chi connectivity index (χ0n) is 11.4. The molecule has 18 heavy (non-hydrogen) atoms. The van der Waals surface area contributed by atoms with Gasteiger partial charge in [0.25, 0.3) is 0 Å². The lowest BCUT2D eigenvalue weighted by Crippen LogP contribution is -2.43. The van der Waals surface area contributed by atoms with Gasteiger partial charge in [-0.1, -0.05) is 0 Å². The zero-order valence-corrected chi connectivity index (χ0v) is 11.4. The summed E-state index contributed by atoms with van der Waals surface area (Å²) >= 11 is 0. The van der Waals surface area contributed by atoms with Gasteiger partial charge in [-0.15, -0.1) is 0 Å². The highest BCUT2D eigenvalue weighted by atomic mass is 16.1. The molecule has 102 valence electrons. The Morgan fingerprint density at radius 1 is 1.17 bits per heavy atom. The summed E-state index contributed by atoms with van der Waals surface area (Å²) in [5, 5.41) is 3.46. The normalized spacial score (nSPS) is 33.1. The molecule has 1 N–H and O–H groups in total. The molecule has 0 aromatic rings. The number of Topliss-reactive ketones (excluding diaryl/α,β-unsaturated/α-hetero) is 1. The van der Waals surface area contributed by atoms with Crippen LogP contribution in [0.25, 0.3) is 0 Å². The highest BCUT2D eigenvalue weighted by Crippen LogP contribution is 2.43. The van der Waals surface area contributed by atoms with E-state index in [1.54, 1.807) is 0 Å². The van der Waals surface area contributed by atoms with Crippen LogP contribution < -0.4 is 5.32 Å². The van der Waals surface area contributed by atoms with Crippen LogP contribution in [-0.4, -0.2) is 43.4 Å². The van der Waals surface area contributed by atoms with E-state index in [-0.39, 0.29) is 0 Å². The Kier molecular flexibility index (Phi) is 3.71. The molecule has 2 heterocycles. The van der Waals surface area contributed by atoms with Crippen LogP contribution in [-0.2, 0) is 4.79 Å². The van der Waals surface area contributed by atoms with Crippen molar-refractivity contribution in [2.75, 3.05) is 32.7 Å². The number of rotatable bonds is 2. The first-order valence-corrected chi connectivity index (χ1v) is 7.71. The van der Waals surface area contributed by atoms with Crippen molar-refractivity contribution in [1.82, 2.24) is 10.2 Å². The van der Waals surface area contributed by atoms with E-state index in [0.29, 0.717) is 11.2 Å². The second-order valence-corrected chi connectivity index (χ2v) is 6.70. The zero-order chi connectivity index (χ0) is 12.4. The molecule has 2 aliphatic heterocycles. The molecule has 0 bridgehead atoms. The number of hydrogen-bond donors (Lipinski definition) is 1. The molecule has 3 rings (SSSR count). The van der Waals surface area contributed by atoms with Gasteiger partial charge in [-0.2, -0.15) is 0 Å². The third-order valence-electron chi connectivity index (χ3n) is 5.46. The Bertz CT molecular complexity index is 290. The third-order valence-corrected chi connectivity index (χ3v) is 5.46. The van der Waals surface area contributed by atoms with Crippen LogP contribution in [0.4, 0.5) is 0 Å². The number of likely N-dealkylation sites (tertiary alicyclic amines) is 1. The highest BCUT2D eigenvalue weighted by molar-refractivity contribution is 5.79. The highest BCUT2D eigenvalue weighted by Gasteiger charge is 2.37. The molecular weight excluding hydrogens is 224 g/mol. The van der Waals surface area contributed by atoms with E-state index < -0.39 is 0 Å². The fourth-order valence-electron chi connectivity index (χ4n) is 4.00. The number of carbonyl (C=O) groups is 1. The summed E-state index contributed by atoms with van der Waals surface area (Å²) in [6.07, 6.45) is 8.07. The predicted molar refractivity (Wildman–Crippen MR) is 72.6 cm³/mol. The summed E-state index contributed by atoms with van der Waals surface area (Å²) in [6, 6.07) is 0. The summed E-state index contributed by atoms with van der Waals surface area (Å²) < 4.78 is 0. The van der Waals surface area contributed by atoms with Crippen LogP contribution >= 0.6 is 0 Å². The SMILES string of the molecule is O=C1CCC2(CC1)CCN(C[C@@H]1CCNC1)CC2. The maximum absolute atomic E-state index is 11.4. The van der Waals surface area contributed by atoms with Crippen molar-refractivity contribution >= 4 is 5.78 Å². The second kappa shape index (κ2) is 5.30. The molecule has 0 unspecified atom stereocenters. The van der Waals surface area contributed by atoms with Gasteiger partial charge in [0.1, 0.15) is 5.78 Å². The van der Waals surface area contributed by atoms with Gasteiger partial charge in [-0.3, -0.25) is 4.79 Å². The van der Waals surface area contributed by atoms with E-state index in [1.807, 2.05) is 0 Å². The molecule has 2 saturated heterocycles. The molecule has 1 aliphatic carbocycles. The van der Waals surface area contributed by atoms with Gasteiger partial charge >= 0.3 is 0 Å². The van der Waals surface area contributed by atoms with Crippen LogP contribution in [0, 0.1) is 11.3 Å². The molecule has 0 radical (unpaired) electrons. The standard InChI is InChI=1S/C15H26N2O/c18-14-1-4-15(5-2-14)6-9-17(10-7-15)12-13-3-8-16-11-13/h13,16H,1-12H2/t13-/m1/s1. The topological polar surface area (TPSA) is 32.3 Å². The summed E-state index contributed by atoms with van der Waals surface area (Å²) in [4.78, 5) is 14.0. The van der Waals surface area contributed by atoms with E-state index in [2.05, 4.69) is 10.2 Å². The van der Waals surface area contributed by atoms with Crippen LogP contribution in [0.1, 0.15) is 44.9 Å². The number of nitrogens with zero attached hydrogens (tertiary/aromatic N) is 1. The van der Waals surface area contributed by atoms with Crippen molar-refractivity contribution in [2.24, 2.45) is 11.3 Å². The maximum Gasteiger partial charge on any atom is 0.132 e. The minimum absolute atomic E-state index is 0.500. The number of hydrogen-bond acceptors (Lipinski definition) is 3. The number of carbonyl (C=O) groups excluding carboxylic acids is 1. The van der Waals surface area contributed by atoms with Gasteiger partial charge in [-0.25, -0.2) is 0 Å². The summed E-state index contributed by atoms with van der Waals surface area (Å²) in [5.74, 6) is 1.38. The molecular formula is C15H26N2O. The first kappa shape index (κ1) is 12.6. The first-order chi connectivity index (χ1) is 8.76. The van der Waals surface area contributed by atoms with Gasteiger partial charge in [-0.05, 0) is 69.6 Å². The monoisotopic (exact) mass is 250 g/mol. The molecule has 0 aromatic heterocycles. The smallest absolute Gasteiger partial charge is 0.132 e. The van der Waals surface area contributed by atoms with E-state index in [1.165, 1.54) is 64.8 Å². The summed E-state index contributed by atoms with van der Waals surface area (Å²) in [7, 11) is 0. The lowest BCUT2D eigenvalue weighted by atomic mass is 9.68. The van der Waals surface area contributed by atoms with E-state index in [0.717, 1.165) is 18.8 Å². The fourth-order valence-corrected chi connectivity index (χ4v) is 4.00. The first-order valence-electron chi connectivity index (χ1n) is 7.71. The van der Waals surface area contributed by atoms with Crippen LogP contribution in [0.15, 0.2) is 0 Å². The summed E-state index contributed by atoms with van der Waals surface area (Å²) in [5.41, 5.74) is 0.540. The Morgan fingerprint density at radius 2 is 1.89 bits per heavy atom. The number of piperidine rings is 1. The van der Waals surface area contributed by atoms with Crippen molar-refractivity contribution in [2.45, 2.75) is 44.9 Å². The maximum atomic E-state index is 11.4. The van der Waals surface area contributed by atoms with Crippen LogP contribution in [0.3, 0.4) is 0 Å². The van der Waals surface area contributed by atoms with Gasteiger partial charge < -0.3 is 10.2 Å². The lowest BCUT2D eigenvalue weighted by molar-refractivity contribution is -0.123. The quantitative estimate of drug-likeness (QED) is 0.811. The van der Waals surface area contributed by atoms with Crippen molar-refractivity contribution in [3.8, 4) is 0 Å². The van der Waals surface area contributed by atoms with Gasteiger partial charge in [0, 0.05) is 19.4 Å². The van der Waals surface area contributed by atoms with E-state index in [9.17, 15) is 4.79 Å².